The van der Waals surface area contributed by atoms with Crippen molar-refractivity contribution in [2.24, 2.45) is 5.92 Å². The van der Waals surface area contributed by atoms with Crippen LogP contribution in [0.4, 0.5) is 13.9 Å². The first-order valence-corrected chi connectivity index (χ1v) is 11.4. The second-order valence-electron chi connectivity index (χ2n) is 8.02. The number of carbonyl (C=O) groups excluding carboxylic acids is 1. The van der Waals surface area contributed by atoms with Crippen LogP contribution >= 0.6 is 11.3 Å². The molecule has 4 rings (SSSR count). The summed E-state index contributed by atoms with van der Waals surface area (Å²) in [6.07, 6.45) is 5.97. The highest BCUT2D eigenvalue weighted by molar-refractivity contribution is 7.22. The van der Waals surface area contributed by atoms with Crippen molar-refractivity contribution in [3.05, 3.63) is 23.8 Å². The molecule has 1 saturated carbocycles. The first-order chi connectivity index (χ1) is 14.1. The lowest BCUT2D eigenvalue weighted by Gasteiger charge is -2.29. The van der Waals surface area contributed by atoms with Gasteiger partial charge in [-0.05, 0) is 18.9 Å². The second kappa shape index (κ2) is 9.45. The van der Waals surface area contributed by atoms with E-state index in [2.05, 4.69) is 4.98 Å². The van der Waals surface area contributed by atoms with Gasteiger partial charge in [0.15, 0.2) is 10.9 Å². The number of quaternary nitrogens is 1. The lowest BCUT2D eigenvalue weighted by Crippen LogP contribution is -3.14. The largest absolute Gasteiger partial charge is 0.370 e. The maximum absolute atomic E-state index is 14.2. The van der Waals surface area contributed by atoms with E-state index < -0.39 is 11.6 Å². The van der Waals surface area contributed by atoms with Gasteiger partial charge in [-0.1, -0.05) is 30.6 Å². The average molecular weight is 425 g/mol. The van der Waals surface area contributed by atoms with Crippen LogP contribution in [0.15, 0.2) is 12.1 Å². The van der Waals surface area contributed by atoms with Crippen LogP contribution in [-0.2, 0) is 9.53 Å². The van der Waals surface area contributed by atoms with Crippen LogP contribution in [0.25, 0.3) is 10.2 Å². The van der Waals surface area contributed by atoms with Crippen LogP contribution in [0.3, 0.4) is 0 Å². The zero-order chi connectivity index (χ0) is 20.2. The zero-order valence-corrected chi connectivity index (χ0v) is 17.4. The Bertz CT molecular complexity index is 848. The summed E-state index contributed by atoms with van der Waals surface area (Å²) in [6, 6.07) is 2.14. The minimum atomic E-state index is -0.676. The van der Waals surface area contributed by atoms with Gasteiger partial charge < -0.3 is 9.64 Å². The fourth-order valence-corrected chi connectivity index (χ4v) is 5.36. The fourth-order valence-electron chi connectivity index (χ4n) is 4.33. The zero-order valence-electron chi connectivity index (χ0n) is 16.6. The fraction of sp³-hybridized carbons (Fsp3) is 0.619. The van der Waals surface area contributed by atoms with Crippen molar-refractivity contribution in [3.63, 3.8) is 0 Å². The van der Waals surface area contributed by atoms with E-state index >= 15 is 0 Å². The number of thiazole rings is 1. The Kier molecular flexibility index (Phi) is 6.72. The standard InChI is InChI=1S/C21H27F2N3O2S/c22-16-13-17(23)19-18(14-16)29-21(24-19)26(20(27)15-5-2-1-3-6-15)8-4-7-25-9-11-28-12-10-25/h13-15H,1-12H2/p+1. The summed E-state index contributed by atoms with van der Waals surface area (Å²) in [6.45, 7) is 5.06. The number of ether oxygens (including phenoxy) is 1. The Labute approximate surface area is 173 Å². The van der Waals surface area contributed by atoms with E-state index in [1.165, 1.54) is 28.7 Å². The van der Waals surface area contributed by atoms with Gasteiger partial charge >= 0.3 is 0 Å². The predicted molar refractivity (Wildman–Crippen MR) is 109 cm³/mol. The third-order valence-corrected chi connectivity index (χ3v) is 6.99. The number of rotatable bonds is 6. The number of fused-ring (bicyclic) bond motifs is 1. The molecule has 158 valence electrons. The molecule has 1 aliphatic heterocycles. The van der Waals surface area contributed by atoms with Crippen LogP contribution in [0, 0.1) is 17.6 Å². The van der Waals surface area contributed by atoms with Gasteiger partial charge in [-0.15, -0.1) is 0 Å². The van der Waals surface area contributed by atoms with Crippen LogP contribution in [-0.4, -0.2) is 50.3 Å². The predicted octanol–water partition coefficient (Wildman–Crippen LogP) is 2.79. The lowest BCUT2D eigenvalue weighted by molar-refractivity contribution is -0.908. The molecule has 1 saturated heterocycles. The van der Waals surface area contributed by atoms with E-state index in [-0.39, 0.29) is 17.3 Å². The summed E-state index contributed by atoms with van der Waals surface area (Å²) in [5, 5.41) is 0.483. The van der Waals surface area contributed by atoms with Crippen molar-refractivity contribution >= 4 is 32.6 Å². The number of halogens is 2. The van der Waals surface area contributed by atoms with E-state index in [4.69, 9.17) is 4.74 Å². The maximum Gasteiger partial charge on any atom is 0.231 e. The minimum absolute atomic E-state index is 0.00748. The van der Waals surface area contributed by atoms with Gasteiger partial charge in [-0.25, -0.2) is 13.8 Å². The lowest BCUT2D eigenvalue weighted by atomic mass is 9.88. The Hall–Kier alpha value is -1.64. The summed E-state index contributed by atoms with van der Waals surface area (Å²) >= 11 is 1.20. The first-order valence-electron chi connectivity index (χ1n) is 10.6. The molecule has 1 aliphatic carbocycles. The molecule has 29 heavy (non-hydrogen) atoms. The van der Waals surface area contributed by atoms with Gasteiger partial charge in [-0.3, -0.25) is 9.69 Å². The Morgan fingerprint density at radius 2 is 1.97 bits per heavy atom. The van der Waals surface area contributed by atoms with Crippen LogP contribution in [0.2, 0.25) is 0 Å². The monoisotopic (exact) mass is 424 g/mol. The van der Waals surface area contributed by atoms with Gasteiger partial charge in [-0.2, -0.15) is 0 Å². The molecule has 2 fully saturated rings. The molecule has 0 radical (unpaired) electrons. The SMILES string of the molecule is O=C(C1CCCCC1)N(CCC[NH+]1CCOCC1)c1nc2c(F)cc(F)cc2s1. The summed E-state index contributed by atoms with van der Waals surface area (Å²) in [5.41, 5.74) is 0.145. The number of nitrogens with one attached hydrogen (secondary N) is 1. The quantitative estimate of drug-likeness (QED) is 0.776. The summed E-state index contributed by atoms with van der Waals surface area (Å²) in [7, 11) is 0. The number of hydrogen-bond acceptors (Lipinski definition) is 4. The molecule has 0 unspecified atom stereocenters. The molecule has 8 heteroatoms. The Morgan fingerprint density at radius 3 is 2.72 bits per heavy atom. The van der Waals surface area contributed by atoms with Crippen molar-refractivity contribution < 1.29 is 23.2 Å². The molecule has 2 aromatic rings. The van der Waals surface area contributed by atoms with E-state index in [1.54, 1.807) is 4.90 Å². The molecule has 0 atom stereocenters. The van der Waals surface area contributed by atoms with Crippen LogP contribution in [0.5, 0.6) is 0 Å². The number of carbonyl (C=O) groups is 1. The van der Waals surface area contributed by atoms with E-state index in [1.807, 2.05) is 0 Å². The normalized spacial score (nSPS) is 19.0. The molecule has 1 aromatic heterocycles. The Balaban J connectivity index is 1.53. The molecule has 0 spiro atoms. The number of hydrogen-bond donors (Lipinski definition) is 1. The molecule has 5 nitrogen and oxygen atoms in total. The Morgan fingerprint density at radius 1 is 1.21 bits per heavy atom. The van der Waals surface area contributed by atoms with Crippen molar-refractivity contribution in [1.82, 2.24) is 4.98 Å². The van der Waals surface area contributed by atoms with Crippen LogP contribution in [0.1, 0.15) is 38.5 Å². The molecule has 0 bridgehead atoms. The third-order valence-electron chi connectivity index (χ3n) is 5.97. The molecular weight excluding hydrogens is 396 g/mol. The van der Waals surface area contributed by atoms with Crippen molar-refractivity contribution in [3.8, 4) is 0 Å². The molecular formula is C21H28F2N3O2S+. The summed E-state index contributed by atoms with van der Waals surface area (Å²) < 4.78 is 33.6. The highest BCUT2D eigenvalue weighted by atomic mass is 32.1. The molecule has 1 N–H and O–H groups in total. The number of nitrogens with zero attached hydrogens (tertiary/aromatic N) is 2. The van der Waals surface area contributed by atoms with E-state index in [0.29, 0.717) is 16.4 Å². The van der Waals surface area contributed by atoms with Crippen LogP contribution < -0.4 is 9.80 Å². The molecule has 2 aliphatic rings. The van der Waals surface area contributed by atoms with Gasteiger partial charge in [0, 0.05) is 24.9 Å². The smallest absolute Gasteiger partial charge is 0.231 e. The first kappa shape index (κ1) is 20.6. The second-order valence-corrected chi connectivity index (χ2v) is 9.03. The number of anilines is 1. The van der Waals surface area contributed by atoms with Gasteiger partial charge in [0.05, 0.1) is 24.5 Å². The highest BCUT2D eigenvalue weighted by Gasteiger charge is 2.29. The van der Waals surface area contributed by atoms with Crippen molar-refractivity contribution in [1.29, 1.82) is 0 Å². The van der Waals surface area contributed by atoms with Gasteiger partial charge in [0.1, 0.15) is 24.4 Å². The third kappa shape index (κ3) is 4.92. The van der Waals surface area contributed by atoms with E-state index in [9.17, 15) is 13.6 Å². The van der Waals surface area contributed by atoms with Crippen molar-refractivity contribution in [2.45, 2.75) is 38.5 Å². The molecule has 1 amide bonds. The van der Waals surface area contributed by atoms with Crippen molar-refractivity contribution in [2.75, 3.05) is 44.3 Å². The average Bonchev–Trinajstić information content (AvgIpc) is 3.16. The number of aromatic nitrogens is 1. The summed E-state index contributed by atoms with van der Waals surface area (Å²) in [5.74, 6) is -1.20. The molecule has 2 heterocycles. The molecule has 1 aromatic carbocycles. The number of benzene rings is 1. The minimum Gasteiger partial charge on any atom is -0.370 e. The van der Waals surface area contributed by atoms with E-state index in [0.717, 1.165) is 71.0 Å². The number of amides is 1. The maximum atomic E-state index is 14.2. The van der Waals surface area contributed by atoms with Gasteiger partial charge in [0.25, 0.3) is 0 Å². The topological polar surface area (TPSA) is 46.9 Å². The summed E-state index contributed by atoms with van der Waals surface area (Å²) in [4.78, 5) is 20.9. The number of morpholine rings is 1. The van der Waals surface area contributed by atoms with Gasteiger partial charge in [0.2, 0.25) is 5.91 Å². The highest BCUT2D eigenvalue weighted by Crippen LogP contribution is 2.34.